The lowest BCUT2D eigenvalue weighted by Gasteiger charge is -2.19. The van der Waals surface area contributed by atoms with E-state index in [1.165, 1.54) is 10.4 Å². The Morgan fingerprint density at radius 2 is 2.16 bits per heavy atom. The van der Waals surface area contributed by atoms with Crippen LogP contribution in [0.2, 0.25) is 0 Å². The van der Waals surface area contributed by atoms with Gasteiger partial charge in [0, 0.05) is 17.5 Å². The van der Waals surface area contributed by atoms with Crippen LogP contribution in [0.3, 0.4) is 0 Å². The van der Waals surface area contributed by atoms with Crippen LogP contribution < -0.4 is 0 Å². The molecule has 19 heavy (non-hydrogen) atoms. The molecule has 1 N–H and O–H groups in total. The highest BCUT2D eigenvalue weighted by molar-refractivity contribution is 7.91. The Balaban J connectivity index is 2.25. The Morgan fingerprint density at radius 1 is 1.47 bits per heavy atom. The van der Waals surface area contributed by atoms with Gasteiger partial charge in [-0.25, -0.2) is 8.42 Å². The summed E-state index contributed by atoms with van der Waals surface area (Å²) in [6.45, 7) is 4.48. The Hall–Kier alpha value is -0.920. The quantitative estimate of drug-likeness (QED) is 0.920. The Labute approximate surface area is 116 Å². The summed E-state index contributed by atoms with van der Waals surface area (Å²) in [5.74, 6) is -0.586. The molecule has 1 aliphatic rings. The van der Waals surface area contributed by atoms with E-state index in [4.69, 9.17) is 5.11 Å². The van der Waals surface area contributed by atoms with Gasteiger partial charge in [-0.1, -0.05) is 6.92 Å². The van der Waals surface area contributed by atoms with E-state index >= 15 is 0 Å². The zero-order valence-electron chi connectivity index (χ0n) is 10.9. The van der Waals surface area contributed by atoms with Crippen LogP contribution in [0, 0.1) is 5.92 Å². The van der Waals surface area contributed by atoms with Crippen molar-refractivity contribution in [3.05, 3.63) is 17.0 Å². The molecule has 1 aromatic heterocycles. The number of thiophene rings is 1. The molecule has 5 nitrogen and oxygen atoms in total. The molecule has 7 heteroatoms. The lowest BCUT2D eigenvalue weighted by Crippen LogP contribution is -2.33. The van der Waals surface area contributed by atoms with Gasteiger partial charge in [-0.05, 0) is 31.4 Å². The second kappa shape index (κ2) is 5.22. The fourth-order valence-electron chi connectivity index (χ4n) is 2.45. The van der Waals surface area contributed by atoms with Crippen LogP contribution in [0.5, 0.6) is 0 Å². The van der Waals surface area contributed by atoms with Gasteiger partial charge >= 0.3 is 5.97 Å². The first-order chi connectivity index (χ1) is 8.80. The topological polar surface area (TPSA) is 74.7 Å². The number of carboxylic acids is 1. The van der Waals surface area contributed by atoms with Crippen molar-refractivity contribution >= 4 is 27.3 Å². The van der Waals surface area contributed by atoms with E-state index < -0.39 is 16.0 Å². The SMILES string of the molecule is CC1CC(C)N(S(=O)(=O)c2ccc(CC(=O)O)s2)C1. The standard InChI is InChI=1S/C12H17NO4S2/c1-8-5-9(2)13(7-8)19(16,17)12-4-3-10(18-12)6-11(14)15/h3-4,8-9H,5-7H2,1-2H3,(H,14,15). The van der Waals surface area contributed by atoms with E-state index in [1.807, 2.05) is 13.8 Å². The van der Waals surface area contributed by atoms with Crippen molar-refractivity contribution in [3.63, 3.8) is 0 Å². The summed E-state index contributed by atoms with van der Waals surface area (Å²) in [6.07, 6.45) is 0.735. The maximum Gasteiger partial charge on any atom is 0.308 e. The van der Waals surface area contributed by atoms with E-state index in [2.05, 4.69) is 0 Å². The molecule has 0 bridgehead atoms. The molecule has 1 aromatic rings. The summed E-state index contributed by atoms with van der Waals surface area (Å²) >= 11 is 1.05. The molecule has 2 unspecified atom stereocenters. The van der Waals surface area contributed by atoms with Gasteiger partial charge in [-0.15, -0.1) is 11.3 Å². The summed E-state index contributed by atoms with van der Waals surface area (Å²) in [5.41, 5.74) is 0. The lowest BCUT2D eigenvalue weighted by molar-refractivity contribution is -0.136. The predicted molar refractivity (Wildman–Crippen MR) is 72.8 cm³/mol. The van der Waals surface area contributed by atoms with E-state index in [0.29, 0.717) is 17.3 Å². The zero-order valence-corrected chi connectivity index (χ0v) is 12.5. The molecule has 0 aromatic carbocycles. The first kappa shape index (κ1) is 14.5. The van der Waals surface area contributed by atoms with Crippen molar-refractivity contribution in [3.8, 4) is 0 Å². The van der Waals surface area contributed by atoms with Crippen LogP contribution in [0.4, 0.5) is 0 Å². The molecular weight excluding hydrogens is 286 g/mol. The minimum absolute atomic E-state index is 0.00465. The summed E-state index contributed by atoms with van der Waals surface area (Å²) in [5, 5.41) is 8.71. The number of carboxylic acid groups (broad SMARTS) is 1. The molecule has 0 aliphatic carbocycles. The van der Waals surface area contributed by atoms with Crippen LogP contribution in [0.15, 0.2) is 16.3 Å². The number of sulfonamides is 1. The first-order valence-electron chi connectivity index (χ1n) is 6.13. The molecule has 0 spiro atoms. The Bertz CT molecular complexity index is 578. The Kier molecular flexibility index (Phi) is 3.98. The monoisotopic (exact) mass is 303 g/mol. The van der Waals surface area contributed by atoms with E-state index in [0.717, 1.165) is 17.8 Å². The molecule has 0 radical (unpaired) electrons. The number of aliphatic carboxylic acids is 1. The molecule has 1 aliphatic heterocycles. The van der Waals surface area contributed by atoms with Crippen LogP contribution in [0.1, 0.15) is 25.1 Å². The number of hydrogen-bond acceptors (Lipinski definition) is 4. The molecule has 1 saturated heterocycles. The number of hydrogen-bond donors (Lipinski definition) is 1. The van der Waals surface area contributed by atoms with Gasteiger partial charge in [0.25, 0.3) is 10.0 Å². The average molecular weight is 303 g/mol. The first-order valence-corrected chi connectivity index (χ1v) is 8.38. The minimum Gasteiger partial charge on any atom is -0.481 e. The maximum absolute atomic E-state index is 12.5. The maximum atomic E-state index is 12.5. The second-order valence-corrected chi connectivity index (χ2v) is 8.34. The highest BCUT2D eigenvalue weighted by Crippen LogP contribution is 2.32. The molecule has 2 heterocycles. The average Bonchev–Trinajstić information content (AvgIpc) is 2.85. The third kappa shape index (κ3) is 2.98. The van der Waals surface area contributed by atoms with E-state index in [-0.39, 0.29) is 16.7 Å². The highest BCUT2D eigenvalue weighted by Gasteiger charge is 2.36. The van der Waals surface area contributed by atoms with Gasteiger partial charge < -0.3 is 5.11 Å². The molecule has 1 fully saturated rings. The largest absolute Gasteiger partial charge is 0.481 e. The van der Waals surface area contributed by atoms with Crippen LogP contribution in [-0.4, -0.2) is 36.4 Å². The highest BCUT2D eigenvalue weighted by atomic mass is 32.2. The molecule has 2 rings (SSSR count). The van der Waals surface area contributed by atoms with Crippen molar-refractivity contribution in [1.29, 1.82) is 0 Å². The van der Waals surface area contributed by atoms with Crippen molar-refractivity contribution in [2.45, 2.75) is 36.9 Å². The van der Waals surface area contributed by atoms with Crippen LogP contribution in [0.25, 0.3) is 0 Å². The second-order valence-electron chi connectivity index (χ2n) is 5.06. The number of rotatable bonds is 4. The Morgan fingerprint density at radius 3 is 2.68 bits per heavy atom. The fraction of sp³-hybridized carbons (Fsp3) is 0.583. The summed E-state index contributed by atoms with van der Waals surface area (Å²) in [6, 6.07) is 3.09. The predicted octanol–water partition coefficient (Wildman–Crippen LogP) is 1.79. The third-order valence-corrected chi connectivity index (χ3v) is 6.78. The summed E-state index contributed by atoms with van der Waals surface area (Å²) < 4.78 is 26.7. The van der Waals surface area contributed by atoms with Gasteiger partial charge in [-0.3, -0.25) is 4.79 Å². The summed E-state index contributed by atoms with van der Waals surface area (Å²) in [7, 11) is -3.48. The van der Waals surface area contributed by atoms with Crippen molar-refractivity contribution in [2.75, 3.05) is 6.54 Å². The minimum atomic E-state index is -3.48. The van der Waals surface area contributed by atoms with Crippen molar-refractivity contribution in [1.82, 2.24) is 4.31 Å². The third-order valence-electron chi connectivity index (χ3n) is 3.25. The molecular formula is C12H17NO4S2. The van der Waals surface area contributed by atoms with Gasteiger partial charge in [0.1, 0.15) is 4.21 Å². The van der Waals surface area contributed by atoms with E-state index in [1.54, 1.807) is 6.07 Å². The van der Waals surface area contributed by atoms with Crippen molar-refractivity contribution in [2.24, 2.45) is 5.92 Å². The summed E-state index contributed by atoms with van der Waals surface area (Å²) in [4.78, 5) is 11.2. The smallest absolute Gasteiger partial charge is 0.308 e. The number of carbonyl (C=O) groups is 1. The molecule has 2 atom stereocenters. The zero-order chi connectivity index (χ0) is 14.2. The van der Waals surface area contributed by atoms with E-state index in [9.17, 15) is 13.2 Å². The molecule has 0 saturated carbocycles. The molecule has 106 valence electrons. The normalized spacial score (nSPS) is 24.7. The van der Waals surface area contributed by atoms with Gasteiger partial charge in [0.15, 0.2) is 0 Å². The number of nitrogens with zero attached hydrogens (tertiary/aromatic N) is 1. The van der Waals surface area contributed by atoms with Gasteiger partial charge in [0.2, 0.25) is 0 Å². The van der Waals surface area contributed by atoms with Gasteiger partial charge in [0.05, 0.1) is 6.42 Å². The van der Waals surface area contributed by atoms with Gasteiger partial charge in [-0.2, -0.15) is 4.31 Å². The fourth-order valence-corrected chi connectivity index (χ4v) is 5.69. The van der Waals surface area contributed by atoms with Crippen molar-refractivity contribution < 1.29 is 18.3 Å². The molecule has 0 amide bonds. The van der Waals surface area contributed by atoms with Crippen LogP contribution >= 0.6 is 11.3 Å². The van der Waals surface area contributed by atoms with Crippen LogP contribution in [-0.2, 0) is 21.2 Å². The lowest BCUT2D eigenvalue weighted by atomic mass is 10.1.